The number of hydrogen-bond donors (Lipinski definition) is 1. The summed E-state index contributed by atoms with van der Waals surface area (Å²) in [5.74, 6) is 0.107. The monoisotopic (exact) mass is 290 g/mol. The van der Waals surface area contributed by atoms with Gasteiger partial charge in [-0.1, -0.05) is 32.0 Å². The molecule has 0 atom stereocenters. The molecule has 0 saturated heterocycles. The number of nitrogens with two attached hydrogens (primary N) is 1. The van der Waals surface area contributed by atoms with E-state index in [1.165, 1.54) is 0 Å². The fourth-order valence-electron chi connectivity index (χ4n) is 2.15. The van der Waals surface area contributed by atoms with Crippen LogP contribution in [0.2, 0.25) is 0 Å². The van der Waals surface area contributed by atoms with Crippen LogP contribution in [0.25, 0.3) is 10.1 Å². The average Bonchev–Trinajstić information content (AvgIpc) is 2.88. The fraction of sp³-hybridized carbons (Fsp3) is 0.438. The molecule has 0 radical (unpaired) electrons. The lowest BCUT2D eigenvalue weighted by Crippen LogP contribution is -2.41. The standard InChI is InChI=1S/C16H22N2OS/c1-4-18(11-16(2,3)10-17)15(19)14-9-12-7-5-6-8-13(12)20-14/h5-9H,4,10-11,17H2,1-3H3. The van der Waals surface area contributed by atoms with Crippen molar-refractivity contribution in [3.05, 3.63) is 35.2 Å². The highest BCUT2D eigenvalue weighted by Crippen LogP contribution is 2.27. The molecule has 1 aromatic heterocycles. The number of amides is 1. The minimum atomic E-state index is -0.0532. The van der Waals surface area contributed by atoms with E-state index in [-0.39, 0.29) is 11.3 Å². The van der Waals surface area contributed by atoms with E-state index >= 15 is 0 Å². The van der Waals surface area contributed by atoms with Crippen LogP contribution in [0.4, 0.5) is 0 Å². The van der Waals surface area contributed by atoms with Crippen molar-refractivity contribution in [1.82, 2.24) is 4.90 Å². The predicted molar refractivity (Wildman–Crippen MR) is 86.2 cm³/mol. The van der Waals surface area contributed by atoms with E-state index in [4.69, 9.17) is 5.73 Å². The summed E-state index contributed by atoms with van der Waals surface area (Å²) in [5.41, 5.74) is 5.72. The maximum absolute atomic E-state index is 12.6. The topological polar surface area (TPSA) is 46.3 Å². The maximum atomic E-state index is 12.6. The van der Waals surface area contributed by atoms with Gasteiger partial charge >= 0.3 is 0 Å². The first kappa shape index (κ1) is 15.0. The van der Waals surface area contributed by atoms with E-state index in [1.807, 2.05) is 36.1 Å². The number of benzene rings is 1. The van der Waals surface area contributed by atoms with Gasteiger partial charge in [0.1, 0.15) is 0 Å². The normalized spacial score (nSPS) is 11.8. The molecule has 2 aromatic rings. The van der Waals surface area contributed by atoms with Crippen LogP contribution in [0.5, 0.6) is 0 Å². The van der Waals surface area contributed by atoms with E-state index in [2.05, 4.69) is 19.9 Å². The molecule has 108 valence electrons. The van der Waals surface area contributed by atoms with Crippen LogP contribution in [0, 0.1) is 5.41 Å². The molecule has 20 heavy (non-hydrogen) atoms. The molecule has 0 aliphatic rings. The number of hydrogen-bond acceptors (Lipinski definition) is 3. The van der Waals surface area contributed by atoms with Crippen molar-refractivity contribution >= 4 is 27.3 Å². The molecule has 0 aliphatic heterocycles. The first-order valence-corrected chi connectivity index (χ1v) is 7.76. The van der Waals surface area contributed by atoms with Crippen molar-refractivity contribution in [2.75, 3.05) is 19.6 Å². The highest BCUT2D eigenvalue weighted by molar-refractivity contribution is 7.20. The molecule has 0 bridgehead atoms. The van der Waals surface area contributed by atoms with Crippen LogP contribution in [-0.4, -0.2) is 30.4 Å². The van der Waals surface area contributed by atoms with Crippen molar-refractivity contribution < 1.29 is 4.79 Å². The lowest BCUT2D eigenvalue weighted by atomic mass is 9.93. The van der Waals surface area contributed by atoms with Crippen LogP contribution in [0.3, 0.4) is 0 Å². The number of nitrogens with zero attached hydrogens (tertiary/aromatic N) is 1. The van der Waals surface area contributed by atoms with Crippen molar-refractivity contribution in [2.45, 2.75) is 20.8 Å². The van der Waals surface area contributed by atoms with E-state index in [1.54, 1.807) is 11.3 Å². The molecule has 1 aromatic carbocycles. The Hall–Kier alpha value is -1.39. The van der Waals surface area contributed by atoms with Gasteiger partial charge in [0.25, 0.3) is 5.91 Å². The van der Waals surface area contributed by atoms with Crippen molar-refractivity contribution in [2.24, 2.45) is 11.1 Å². The molecule has 2 N–H and O–H groups in total. The van der Waals surface area contributed by atoms with Crippen molar-refractivity contribution in [3.63, 3.8) is 0 Å². The van der Waals surface area contributed by atoms with Crippen LogP contribution < -0.4 is 5.73 Å². The summed E-state index contributed by atoms with van der Waals surface area (Å²) in [5, 5.41) is 1.13. The molecular weight excluding hydrogens is 268 g/mol. The molecule has 4 heteroatoms. The highest BCUT2D eigenvalue weighted by Gasteiger charge is 2.24. The summed E-state index contributed by atoms with van der Waals surface area (Å²) < 4.78 is 1.16. The van der Waals surface area contributed by atoms with Gasteiger partial charge in [-0.3, -0.25) is 4.79 Å². The smallest absolute Gasteiger partial charge is 0.263 e. The Morgan fingerprint density at radius 2 is 2.05 bits per heavy atom. The summed E-state index contributed by atoms with van der Waals surface area (Å²) in [7, 11) is 0. The molecule has 1 amide bonds. The SMILES string of the molecule is CCN(CC(C)(C)CN)C(=O)c1cc2ccccc2s1. The second-order valence-corrected chi connectivity index (χ2v) is 6.92. The Morgan fingerprint density at radius 3 is 2.65 bits per heavy atom. The van der Waals surface area contributed by atoms with Crippen LogP contribution in [-0.2, 0) is 0 Å². The molecule has 1 heterocycles. The third-order valence-electron chi connectivity index (χ3n) is 3.48. The molecule has 0 unspecified atom stereocenters. The zero-order valence-corrected chi connectivity index (χ0v) is 13.2. The predicted octanol–water partition coefficient (Wildman–Crippen LogP) is 3.35. The Balaban J connectivity index is 2.24. The van der Waals surface area contributed by atoms with Crippen LogP contribution in [0.15, 0.2) is 30.3 Å². The minimum Gasteiger partial charge on any atom is -0.338 e. The summed E-state index contributed by atoms with van der Waals surface area (Å²) in [6.45, 7) is 8.16. The Morgan fingerprint density at radius 1 is 1.35 bits per heavy atom. The summed E-state index contributed by atoms with van der Waals surface area (Å²) in [6.07, 6.45) is 0. The summed E-state index contributed by atoms with van der Waals surface area (Å²) >= 11 is 1.56. The Kier molecular flexibility index (Phi) is 4.45. The zero-order chi connectivity index (χ0) is 14.8. The number of carbonyl (C=O) groups excluding carboxylic acids is 1. The van der Waals surface area contributed by atoms with Gasteiger partial charge in [-0.2, -0.15) is 0 Å². The maximum Gasteiger partial charge on any atom is 0.263 e. The molecular formula is C16H22N2OS. The van der Waals surface area contributed by atoms with Gasteiger partial charge in [0, 0.05) is 17.8 Å². The van der Waals surface area contributed by atoms with Crippen LogP contribution in [0.1, 0.15) is 30.4 Å². The second-order valence-electron chi connectivity index (χ2n) is 5.84. The van der Waals surface area contributed by atoms with Crippen molar-refractivity contribution in [1.29, 1.82) is 0 Å². The van der Waals surface area contributed by atoms with Gasteiger partial charge in [-0.25, -0.2) is 0 Å². The van der Waals surface area contributed by atoms with E-state index in [0.717, 1.165) is 15.0 Å². The Bertz CT molecular complexity index is 570. The molecule has 0 aliphatic carbocycles. The minimum absolute atomic E-state index is 0.0532. The van der Waals surface area contributed by atoms with E-state index in [0.29, 0.717) is 19.6 Å². The molecule has 0 fully saturated rings. The number of fused-ring (bicyclic) bond motifs is 1. The van der Waals surface area contributed by atoms with Gasteiger partial charge in [0.15, 0.2) is 0 Å². The van der Waals surface area contributed by atoms with Crippen molar-refractivity contribution in [3.8, 4) is 0 Å². The lowest BCUT2D eigenvalue weighted by Gasteiger charge is -2.30. The zero-order valence-electron chi connectivity index (χ0n) is 12.3. The first-order chi connectivity index (χ1) is 9.46. The Labute approximate surface area is 124 Å². The van der Waals surface area contributed by atoms with Gasteiger partial charge < -0.3 is 10.6 Å². The van der Waals surface area contributed by atoms with Gasteiger partial charge in [-0.15, -0.1) is 11.3 Å². The molecule has 3 nitrogen and oxygen atoms in total. The van der Waals surface area contributed by atoms with Crippen LogP contribution >= 0.6 is 11.3 Å². The van der Waals surface area contributed by atoms with E-state index in [9.17, 15) is 4.79 Å². The highest BCUT2D eigenvalue weighted by atomic mass is 32.1. The largest absolute Gasteiger partial charge is 0.338 e. The number of carbonyl (C=O) groups is 1. The number of rotatable bonds is 5. The van der Waals surface area contributed by atoms with Gasteiger partial charge in [-0.05, 0) is 36.4 Å². The lowest BCUT2D eigenvalue weighted by molar-refractivity contribution is 0.0706. The third-order valence-corrected chi connectivity index (χ3v) is 4.58. The first-order valence-electron chi connectivity index (χ1n) is 6.95. The molecule has 2 rings (SSSR count). The van der Waals surface area contributed by atoms with Gasteiger partial charge in [0.2, 0.25) is 0 Å². The number of thiophene rings is 1. The molecule has 0 spiro atoms. The second kappa shape index (κ2) is 5.94. The quantitative estimate of drug-likeness (QED) is 0.918. The summed E-state index contributed by atoms with van der Waals surface area (Å²) in [4.78, 5) is 15.3. The molecule has 0 saturated carbocycles. The van der Waals surface area contributed by atoms with E-state index < -0.39 is 0 Å². The fourth-order valence-corrected chi connectivity index (χ4v) is 3.18. The third kappa shape index (κ3) is 3.19. The average molecular weight is 290 g/mol. The summed E-state index contributed by atoms with van der Waals surface area (Å²) in [6, 6.07) is 10.1. The van der Waals surface area contributed by atoms with Gasteiger partial charge in [0.05, 0.1) is 4.88 Å².